The van der Waals surface area contributed by atoms with Crippen molar-refractivity contribution in [1.29, 1.82) is 0 Å². The quantitative estimate of drug-likeness (QED) is 0.424. The van der Waals surface area contributed by atoms with Crippen LogP contribution in [0.2, 0.25) is 0 Å². The van der Waals surface area contributed by atoms with Crippen molar-refractivity contribution in [1.82, 2.24) is 4.90 Å². The molecule has 0 fully saturated rings. The summed E-state index contributed by atoms with van der Waals surface area (Å²) in [6, 6.07) is 0. The number of rotatable bonds is 3. The van der Waals surface area contributed by atoms with E-state index in [1.165, 1.54) is 0 Å². The first-order chi connectivity index (χ1) is 3.27. The van der Waals surface area contributed by atoms with Crippen molar-refractivity contribution in [3.05, 3.63) is 0 Å². The van der Waals surface area contributed by atoms with Crippen LogP contribution >= 0.6 is 9.03 Å². The van der Waals surface area contributed by atoms with Crippen molar-refractivity contribution in [2.24, 2.45) is 0 Å². The van der Waals surface area contributed by atoms with Gasteiger partial charge in [-0.2, -0.15) is 0 Å². The summed E-state index contributed by atoms with van der Waals surface area (Å²) >= 11 is 0. The fraction of sp³-hybridized carbons (Fsp3) is 1.00. The Labute approximate surface area is 45.2 Å². The first kappa shape index (κ1) is 7.31. The molecule has 0 heterocycles. The first-order valence-electron chi connectivity index (χ1n) is 1.93. The molecule has 0 radical (unpaired) electrons. The Hall–Kier alpha value is 0.310. The molecule has 0 spiro atoms. The summed E-state index contributed by atoms with van der Waals surface area (Å²) in [6.45, 7) is 0.495. The van der Waals surface area contributed by atoms with E-state index in [1.807, 2.05) is 19.0 Å². The molecule has 0 aliphatic carbocycles. The lowest BCUT2D eigenvalue weighted by atomic mass is 11.0. The van der Waals surface area contributed by atoms with Crippen LogP contribution in [0.15, 0.2) is 0 Å². The number of hydrogen-bond acceptors (Lipinski definition) is 3. The van der Waals surface area contributed by atoms with E-state index in [-0.39, 0.29) is 0 Å². The van der Waals surface area contributed by atoms with E-state index in [4.69, 9.17) is 4.89 Å². The molecule has 44 valence electrons. The number of hydrogen-bond donors (Lipinski definition) is 1. The fourth-order valence-corrected chi connectivity index (χ4v) is 0.474. The lowest BCUT2D eigenvalue weighted by Crippen LogP contribution is -2.12. The van der Waals surface area contributed by atoms with Gasteiger partial charge in [0.25, 0.3) is 0 Å². The maximum absolute atomic E-state index is 8.09. The van der Waals surface area contributed by atoms with Crippen molar-refractivity contribution in [2.45, 2.75) is 0 Å². The molecule has 0 rings (SSSR count). The SMILES string of the molecule is CN(C)COPO. The lowest BCUT2D eigenvalue weighted by molar-refractivity contribution is 0.188. The molecule has 0 aromatic heterocycles. The van der Waals surface area contributed by atoms with E-state index < -0.39 is 9.03 Å². The van der Waals surface area contributed by atoms with Gasteiger partial charge in [0.15, 0.2) is 9.03 Å². The van der Waals surface area contributed by atoms with Gasteiger partial charge in [-0.1, -0.05) is 0 Å². The van der Waals surface area contributed by atoms with Gasteiger partial charge in [0.2, 0.25) is 0 Å². The van der Waals surface area contributed by atoms with Crippen LogP contribution in [0.25, 0.3) is 0 Å². The molecule has 0 aromatic carbocycles. The first-order valence-corrected chi connectivity index (χ1v) is 2.78. The third kappa shape index (κ3) is 6.31. The smallest absolute Gasteiger partial charge is 0.153 e. The van der Waals surface area contributed by atoms with Crippen molar-refractivity contribution in [3.63, 3.8) is 0 Å². The molecule has 0 aliphatic heterocycles. The van der Waals surface area contributed by atoms with Gasteiger partial charge < -0.3 is 9.42 Å². The fourth-order valence-electron chi connectivity index (χ4n) is 0.158. The molecule has 1 atom stereocenters. The van der Waals surface area contributed by atoms with Crippen LogP contribution in [0.1, 0.15) is 0 Å². The Morgan fingerprint density at radius 1 is 1.71 bits per heavy atom. The van der Waals surface area contributed by atoms with Crippen LogP contribution in [0.3, 0.4) is 0 Å². The van der Waals surface area contributed by atoms with E-state index >= 15 is 0 Å². The van der Waals surface area contributed by atoms with Crippen molar-refractivity contribution in [3.8, 4) is 0 Å². The second-order valence-corrected chi connectivity index (χ2v) is 1.92. The average molecular weight is 123 g/mol. The maximum atomic E-state index is 8.09. The zero-order valence-corrected chi connectivity index (χ0v) is 5.51. The summed E-state index contributed by atoms with van der Waals surface area (Å²) in [5, 5.41) is 0. The topological polar surface area (TPSA) is 32.7 Å². The molecule has 3 nitrogen and oxygen atoms in total. The zero-order valence-electron chi connectivity index (χ0n) is 4.51. The summed E-state index contributed by atoms with van der Waals surface area (Å²) in [4.78, 5) is 9.93. The van der Waals surface area contributed by atoms with Gasteiger partial charge >= 0.3 is 0 Å². The summed E-state index contributed by atoms with van der Waals surface area (Å²) < 4.78 is 4.60. The molecule has 0 saturated heterocycles. The molecule has 0 saturated carbocycles. The van der Waals surface area contributed by atoms with Gasteiger partial charge in [-0.3, -0.25) is 4.90 Å². The summed E-state index contributed by atoms with van der Waals surface area (Å²) in [5.41, 5.74) is 0. The van der Waals surface area contributed by atoms with Crippen LogP contribution in [-0.4, -0.2) is 30.6 Å². The molecule has 0 aliphatic rings. The standard InChI is InChI=1S/C3H10NO2P/c1-4(2)3-6-7-5/h5,7H,3H2,1-2H3. The van der Waals surface area contributed by atoms with Crippen LogP contribution in [0.4, 0.5) is 0 Å². The Bertz CT molecular complexity index is 41.9. The van der Waals surface area contributed by atoms with Gasteiger partial charge in [-0.05, 0) is 14.1 Å². The Kier molecular flexibility index (Phi) is 4.67. The average Bonchev–Trinajstić information content (AvgIpc) is 1.61. The minimum atomic E-state index is -0.391. The van der Waals surface area contributed by atoms with E-state index in [1.54, 1.807) is 0 Å². The van der Waals surface area contributed by atoms with Crippen LogP contribution in [0, 0.1) is 0 Å². The highest BCUT2D eigenvalue weighted by molar-refractivity contribution is 7.24. The van der Waals surface area contributed by atoms with E-state index in [0.29, 0.717) is 6.73 Å². The molecule has 1 unspecified atom stereocenters. The molecular weight excluding hydrogens is 113 g/mol. The molecule has 0 amide bonds. The van der Waals surface area contributed by atoms with Gasteiger partial charge in [-0.25, -0.2) is 0 Å². The van der Waals surface area contributed by atoms with Gasteiger partial charge in [-0.15, -0.1) is 0 Å². The third-order valence-corrected chi connectivity index (χ3v) is 0.645. The van der Waals surface area contributed by atoms with Crippen LogP contribution in [0.5, 0.6) is 0 Å². The van der Waals surface area contributed by atoms with Gasteiger partial charge in [0, 0.05) is 0 Å². The van der Waals surface area contributed by atoms with Gasteiger partial charge in [0.05, 0.1) is 0 Å². The van der Waals surface area contributed by atoms with E-state index in [0.717, 1.165) is 0 Å². The minimum absolute atomic E-state index is 0.391. The summed E-state index contributed by atoms with van der Waals surface area (Å²) in [7, 11) is 3.36. The molecule has 0 aromatic rings. The molecule has 1 N–H and O–H groups in total. The van der Waals surface area contributed by atoms with Crippen LogP contribution < -0.4 is 0 Å². The largest absolute Gasteiger partial charge is 0.352 e. The normalized spacial score (nSPS) is 12.0. The van der Waals surface area contributed by atoms with Crippen molar-refractivity contribution >= 4 is 9.03 Å². The van der Waals surface area contributed by atoms with Crippen molar-refractivity contribution < 1.29 is 9.42 Å². The third-order valence-electron chi connectivity index (χ3n) is 0.387. The van der Waals surface area contributed by atoms with Gasteiger partial charge in [0.1, 0.15) is 6.73 Å². The second-order valence-electron chi connectivity index (χ2n) is 1.44. The Morgan fingerprint density at radius 2 is 2.29 bits per heavy atom. The molecule has 7 heavy (non-hydrogen) atoms. The second kappa shape index (κ2) is 4.47. The number of nitrogens with zero attached hydrogens (tertiary/aromatic N) is 1. The monoisotopic (exact) mass is 123 g/mol. The highest BCUT2D eigenvalue weighted by atomic mass is 31.1. The highest BCUT2D eigenvalue weighted by Gasteiger charge is 1.83. The van der Waals surface area contributed by atoms with Crippen LogP contribution in [-0.2, 0) is 4.52 Å². The predicted octanol–water partition coefficient (Wildman–Crippen LogP) is 0.0229. The highest BCUT2D eigenvalue weighted by Crippen LogP contribution is 2.01. The Morgan fingerprint density at radius 3 is 2.43 bits per heavy atom. The Balaban J connectivity index is 2.68. The minimum Gasteiger partial charge on any atom is -0.352 e. The van der Waals surface area contributed by atoms with Crippen molar-refractivity contribution in [2.75, 3.05) is 20.8 Å². The zero-order chi connectivity index (χ0) is 5.70. The molecule has 4 heteroatoms. The predicted molar refractivity (Wildman–Crippen MR) is 30.2 cm³/mol. The molecule has 0 bridgehead atoms. The lowest BCUT2D eigenvalue weighted by Gasteiger charge is -2.05. The maximum Gasteiger partial charge on any atom is 0.153 e. The van der Waals surface area contributed by atoms with E-state index in [9.17, 15) is 0 Å². The summed E-state index contributed by atoms with van der Waals surface area (Å²) in [5.74, 6) is 0. The van der Waals surface area contributed by atoms with E-state index in [2.05, 4.69) is 4.52 Å². The summed E-state index contributed by atoms with van der Waals surface area (Å²) in [6.07, 6.45) is 0. The molecular formula is C3H10NO2P.